The first-order chi connectivity index (χ1) is 17.6. The summed E-state index contributed by atoms with van der Waals surface area (Å²) in [6, 6.07) is -0.817. The summed E-state index contributed by atoms with van der Waals surface area (Å²) in [5.74, 6) is -0.118. The molecule has 0 aliphatic carbocycles. The standard InChI is InChI=1S/C26H38F3N5O4/c1-6-7-20-30-19-15-32(11-10-18(19)23(31-20)26(27,28)29)22(36)12-17(34(24(37)38)25(3,4)5)14-33-13-16(2)8-9-21(33)35/h16-17H,6-15H2,1-5H3,(H,37,38)/t16-,17+/m1/s1. The zero-order chi connectivity index (χ0) is 28.4. The Morgan fingerprint density at radius 3 is 2.45 bits per heavy atom. The maximum atomic E-state index is 13.7. The van der Waals surface area contributed by atoms with E-state index in [1.54, 1.807) is 25.7 Å². The first-order valence-corrected chi connectivity index (χ1v) is 13.2. The van der Waals surface area contributed by atoms with Gasteiger partial charge in [-0.3, -0.25) is 14.5 Å². The third-order valence-corrected chi connectivity index (χ3v) is 7.08. The Hall–Kier alpha value is -2.92. The van der Waals surface area contributed by atoms with E-state index in [-0.39, 0.29) is 67.8 Å². The average Bonchev–Trinajstić information content (AvgIpc) is 2.78. The minimum Gasteiger partial charge on any atom is -0.465 e. The van der Waals surface area contributed by atoms with Crippen molar-refractivity contribution in [3.63, 3.8) is 0 Å². The Bertz CT molecular complexity index is 1060. The van der Waals surface area contributed by atoms with E-state index in [2.05, 4.69) is 9.97 Å². The fourth-order valence-electron chi connectivity index (χ4n) is 5.35. The van der Waals surface area contributed by atoms with Crippen LogP contribution in [0.2, 0.25) is 0 Å². The molecule has 3 rings (SSSR count). The van der Waals surface area contributed by atoms with E-state index in [4.69, 9.17) is 0 Å². The lowest BCUT2D eigenvalue weighted by molar-refractivity contribution is -0.142. The van der Waals surface area contributed by atoms with Crippen molar-refractivity contribution in [2.24, 2.45) is 5.92 Å². The van der Waals surface area contributed by atoms with Crippen molar-refractivity contribution >= 4 is 17.9 Å². The van der Waals surface area contributed by atoms with Gasteiger partial charge in [-0.15, -0.1) is 0 Å². The van der Waals surface area contributed by atoms with E-state index in [0.29, 0.717) is 19.4 Å². The zero-order valence-corrected chi connectivity index (χ0v) is 22.8. The minimum atomic E-state index is -4.63. The van der Waals surface area contributed by atoms with Gasteiger partial charge in [-0.05, 0) is 46.0 Å². The number of piperidine rings is 1. The van der Waals surface area contributed by atoms with Crippen LogP contribution in [0, 0.1) is 5.92 Å². The average molecular weight is 542 g/mol. The van der Waals surface area contributed by atoms with E-state index in [1.807, 2.05) is 13.8 Å². The second kappa shape index (κ2) is 11.4. The van der Waals surface area contributed by atoms with Gasteiger partial charge in [-0.1, -0.05) is 13.8 Å². The van der Waals surface area contributed by atoms with Gasteiger partial charge in [-0.2, -0.15) is 13.2 Å². The van der Waals surface area contributed by atoms with E-state index in [9.17, 15) is 32.7 Å². The van der Waals surface area contributed by atoms with Crippen LogP contribution in [0.3, 0.4) is 0 Å². The molecule has 0 saturated carbocycles. The van der Waals surface area contributed by atoms with E-state index in [0.717, 1.165) is 6.42 Å². The Labute approximate surface area is 221 Å². The Balaban J connectivity index is 1.87. The molecule has 2 atom stereocenters. The van der Waals surface area contributed by atoms with Gasteiger partial charge >= 0.3 is 12.3 Å². The number of carbonyl (C=O) groups excluding carboxylic acids is 2. The highest BCUT2D eigenvalue weighted by atomic mass is 19.4. The summed E-state index contributed by atoms with van der Waals surface area (Å²) in [6.07, 6.45) is -4.08. The number of amides is 3. The van der Waals surface area contributed by atoms with Crippen molar-refractivity contribution < 1.29 is 32.7 Å². The fourth-order valence-corrected chi connectivity index (χ4v) is 5.35. The highest BCUT2D eigenvalue weighted by Crippen LogP contribution is 2.34. The first-order valence-electron chi connectivity index (χ1n) is 13.2. The van der Waals surface area contributed by atoms with Crippen LogP contribution in [-0.4, -0.2) is 78.9 Å². The molecule has 0 radical (unpaired) electrons. The van der Waals surface area contributed by atoms with Gasteiger partial charge in [0.15, 0.2) is 5.69 Å². The summed E-state index contributed by atoms with van der Waals surface area (Å²) < 4.78 is 41.2. The number of hydrogen-bond acceptors (Lipinski definition) is 5. The molecule has 1 aromatic rings. The van der Waals surface area contributed by atoms with Gasteiger partial charge < -0.3 is 14.9 Å². The quantitative estimate of drug-likeness (QED) is 0.556. The van der Waals surface area contributed by atoms with Crippen molar-refractivity contribution in [1.82, 2.24) is 24.7 Å². The Morgan fingerprint density at radius 2 is 1.87 bits per heavy atom. The second-order valence-electron chi connectivity index (χ2n) is 11.4. The van der Waals surface area contributed by atoms with Gasteiger partial charge in [0.2, 0.25) is 11.8 Å². The summed E-state index contributed by atoms with van der Waals surface area (Å²) in [6.45, 7) is 9.51. The predicted octanol–water partition coefficient (Wildman–Crippen LogP) is 4.13. The molecule has 1 N–H and O–H groups in total. The van der Waals surface area contributed by atoms with Crippen LogP contribution in [0.5, 0.6) is 0 Å². The summed E-state index contributed by atoms with van der Waals surface area (Å²) >= 11 is 0. The molecular weight excluding hydrogens is 503 g/mol. The molecular formula is C26H38F3N5O4. The lowest BCUT2D eigenvalue weighted by Crippen LogP contribution is -2.57. The number of halogens is 3. The first kappa shape index (κ1) is 29.6. The predicted molar refractivity (Wildman–Crippen MR) is 133 cm³/mol. The van der Waals surface area contributed by atoms with Gasteiger partial charge in [0.05, 0.1) is 18.3 Å². The van der Waals surface area contributed by atoms with E-state index >= 15 is 0 Å². The number of rotatable bonds is 7. The zero-order valence-electron chi connectivity index (χ0n) is 22.8. The molecule has 1 saturated heterocycles. The van der Waals surface area contributed by atoms with Crippen LogP contribution in [-0.2, 0) is 35.2 Å². The summed E-state index contributed by atoms with van der Waals surface area (Å²) in [7, 11) is 0. The number of carbonyl (C=O) groups is 3. The third kappa shape index (κ3) is 6.93. The van der Waals surface area contributed by atoms with Crippen LogP contribution >= 0.6 is 0 Å². The number of carboxylic acid groups (broad SMARTS) is 1. The normalized spacial score (nSPS) is 19.3. The van der Waals surface area contributed by atoms with Crippen molar-refractivity contribution in [2.75, 3.05) is 19.6 Å². The Morgan fingerprint density at radius 1 is 1.18 bits per heavy atom. The molecule has 212 valence electrons. The molecule has 3 heterocycles. The smallest absolute Gasteiger partial charge is 0.433 e. The third-order valence-electron chi connectivity index (χ3n) is 7.08. The molecule has 1 fully saturated rings. The molecule has 9 nitrogen and oxygen atoms in total. The molecule has 1 aromatic heterocycles. The van der Waals surface area contributed by atoms with Crippen LogP contribution < -0.4 is 0 Å². The molecule has 3 amide bonds. The molecule has 2 aliphatic rings. The number of hydrogen-bond donors (Lipinski definition) is 1. The molecule has 0 spiro atoms. The van der Waals surface area contributed by atoms with Gasteiger partial charge in [0.25, 0.3) is 0 Å². The van der Waals surface area contributed by atoms with Crippen LogP contribution in [0.1, 0.15) is 83.1 Å². The molecule has 2 aliphatic heterocycles. The van der Waals surface area contributed by atoms with Crippen LogP contribution in [0.25, 0.3) is 0 Å². The number of fused-ring (bicyclic) bond motifs is 1. The molecule has 0 aromatic carbocycles. The molecule has 38 heavy (non-hydrogen) atoms. The largest absolute Gasteiger partial charge is 0.465 e. The van der Waals surface area contributed by atoms with E-state index in [1.165, 1.54) is 9.80 Å². The topological polar surface area (TPSA) is 107 Å². The summed E-state index contributed by atoms with van der Waals surface area (Å²) in [4.78, 5) is 50.8. The number of nitrogens with zero attached hydrogens (tertiary/aromatic N) is 5. The van der Waals surface area contributed by atoms with Crippen LogP contribution in [0.15, 0.2) is 0 Å². The van der Waals surface area contributed by atoms with E-state index < -0.39 is 35.5 Å². The fraction of sp³-hybridized carbons (Fsp3) is 0.731. The minimum absolute atomic E-state index is 0.00714. The van der Waals surface area contributed by atoms with Gasteiger partial charge in [0.1, 0.15) is 5.82 Å². The highest BCUT2D eigenvalue weighted by Gasteiger charge is 2.41. The molecule has 0 bridgehead atoms. The van der Waals surface area contributed by atoms with Gasteiger partial charge in [-0.25, -0.2) is 14.8 Å². The Kier molecular flexibility index (Phi) is 8.93. The SMILES string of the molecule is CCCc1nc2c(c(C(F)(F)F)n1)CCN(C(=O)C[C@@H](CN1C[C@H](C)CCC1=O)N(C(=O)O)C(C)(C)C)C2. The molecule has 12 heteroatoms. The maximum absolute atomic E-state index is 13.7. The van der Waals surface area contributed by atoms with Crippen LogP contribution in [0.4, 0.5) is 18.0 Å². The lowest BCUT2D eigenvalue weighted by atomic mass is 9.96. The maximum Gasteiger partial charge on any atom is 0.433 e. The van der Waals surface area contributed by atoms with Gasteiger partial charge in [0, 0.05) is 50.0 Å². The number of alkyl halides is 3. The van der Waals surface area contributed by atoms with Crippen molar-refractivity contribution in [1.29, 1.82) is 0 Å². The van der Waals surface area contributed by atoms with Crippen molar-refractivity contribution in [2.45, 2.75) is 97.4 Å². The monoisotopic (exact) mass is 541 g/mol. The second-order valence-corrected chi connectivity index (χ2v) is 11.4. The summed E-state index contributed by atoms with van der Waals surface area (Å²) in [5, 5.41) is 10.0. The number of aryl methyl sites for hydroxylation is 1. The number of aromatic nitrogens is 2. The lowest BCUT2D eigenvalue weighted by Gasteiger charge is -2.43. The molecule has 0 unspecified atom stereocenters. The summed E-state index contributed by atoms with van der Waals surface area (Å²) in [5.41, 5.74) is -1.61. The highest BCUT2D eigenvalue weighted by molar-refractivity contribution is 5.79. The van der Waals surface area contributed by atoms with Crippen molar-refractivity contribution in [3.8, 4) is 0 Å². The van der Waals surface area contributed by atoms with Crippen molar-refractivity contribution in [3.05, 3.63) is 22.8 Å². The number of likely N-dealkylation sites (tertiary alicyclic amines) is 1.